The molecule has 1 N–H and O–H groups in total. The van der Waals surface area contributed by atoms with E-state index in [0.717, 1.165) is 17.5 Å². The molecule has 0 bridgehead atoms. The number of hydrogen-bond acceptors (Lipinski definition) is 6. The Kier molecular flexibility index (Phi) is 7.47. The fourth-order valence-electron chi connectivity index (χ4n) is 4.68. The summed E-state index contributed by atoms with van der Waals surface area (Å²) in [6, 6.07) is 19.7. The maximum atomic E-state index is 14.3. The summed E-state index contributed by atoms with van der Waals surface area (Å²) in [5.74, 6) is 0.834. The first-order chi connectivity index (χ1) is 19.2. The summed E-state index contributed by atoms with van der Waals surface area (Å²) >= 11 is 0. The molecule has 2 heterocycles. The molecule has 208 valence electrons. The van der Waals surface area contributed by atoms with E-state index in [4.69, 9.17) is 9.47 Å². The monoisotopic (exact) mass is 541 g/mol. The second kappa shape index (κ2) is 11.0. The molecule has 9 nitrogen and oxygen atoms in total. The Labute approximate surface area is 234 Å². The summed E-state index contributed by atoms with van der Waals surface area (Å²) in [6.07, 6.45) is 0.723. The van der Waals surface area contributed by atoms with Crippen LogP contribution in [0, 0.1) is 0 Å². The third-order valence-electron chi connectivity index (χ3n) is 7.38. The van der Waals surface area contributed by atoms with Crippen LogP contribution in [0.25, 0.3) is 11.0 Å². The lowest BCUT2D eigenvalue weighted by Gasteiger charge is -2.34. The van der Waals surface area contributed by atoms with E-state index in [-0.39, 0.29) is 25.2 Å². The van der Waals surface area contributed by atoms with E-state index in [1.165, 1.54) is 4.90 Å². The molecule has 1 atom stereocenters. The minimum atomic E-state index is -0.949. The van der Waals surface area contributed by atoms with E-state index >= 15 is 0 Å². The Morgan fingerprint density at radius 1 is 1.00 bits per heavy atom. The number of para-hydroxylation sites is 1. The maximum absolute atomic E-state index is 14.3. The standard InChI is InChI=1S/C31H35N5O4/c1-6-31(4,5)32-30(38)29(22-13-11-21(12-14-22)20(2)3)36(23-15-16-26-27(17-23)40-19-39-26)28(37)18-35-25-10-8-7-9-24(25)33-34-35/h7-17,20,29H,6,18-19H2,1-5H3,(H,32,38). The predicted molar refractivity (Wildman–Crippen MR) is 153 cm³/mol. The summed E-state index contributed by atoms with van der Waals surface area (Å²) in [6.45, 7) is 10.2. The number of aromatic nitrogens is 3. The molecule has 40 heavy (non-hydrogen) atoms. The Hall–Kier alpha value is -4.40. The Balaban J connectivity index is 1.62. The van der Waals surface area contributed by atoms with Gasteiger partial charge in [-0.3, -0.25) is 14.5 Å². The molecule has 1 aliphatic rings. The number of carbonyl (C=O) groups excluding carboxylic acids is 2. The molecule has 5 rings (SSSR count). The Bertz CT molecular complexity index is 1530. The Morgan fingerprint density at radius 3 is 2.42 bits per heavy atom. The maximum Gasteiger partial charge on any atom is 0.249 e. The molecule has 0 aliphatic carbocycles. The summed E-state index contributed by atoms with van der Waals surface area (Å²) in [5.41, 5.74) is 3.30. The fourth-order valence-corrected chi connectivity index (χ4v) is 4.68. The van der Waals surface area contributed by atoms with Crippen LogP contribution < -0.4 is 19.7 Å². The van der Waals surface area contributed by atoms with Crippen molar-refractivity contribution >= 4 is 28.5 Å². The topological polar surface area (TPSA) is 98.6 Å². The van der Waals surface area contributed by atoms with Gasteiger partial charge in [-0.1, -0.05) is 62.4 Å². The Morgan fingerprint density at radius 2 is 1.70 bits per heavy atom. The minimum Gasteiger partial charge on any atom is -0.454 e. The van der Waals surface area contributed by atoms with Gasteiger partial charge in [0.25, 0.3) is 0 Å². The van der Waals surface area contributed by atoms with Crippen LogP contribution in [-0.4, -0.2) is 39.1 Å². The van der Waals surface area contributed by atoms with Gasteiger partial charge in [-0.05, 0) is 61.6 Å². The van der Waals surface area contributed by atoms with Gasteiger partial charge in [0, 0.05) is 17.3 Å². The molecule has 9 heteroatoms. The highest BCUT2D eigenvalue weighted by molar-refractivity contribution is 6.02. The van der Waals surface area contributed by atoms with Crippen LogP contribution in [0.3, 0.4) is 0 Å². The molecule has 1 aliphatic heterocycles. The molecule has 2 amide bonds. The highest BCUT2D eigenvalue weighted by Crippen LogP contribution is 2.38. The summed E-state index contributed by atoms with van der Waals surface area (Å²) in [5, 5.41) is 11.6. The van der Waals surface area contributed by atoms with Crippen molar-refractivity contribution in [2.24, 2.45) is 0 Å². The normalized spacial score (nSPS) is 13.4. The van der Waals surface area contributed by atoms with Gasteiger partial charge in [-0.2, -0.15) is 0 Å². The number of ether oxygens (including phenoxy) is 2. The first-order valence-corrected chi connectivity index (χ1v) is 13.6. The van der Waals surface area contributed by atoms with Gasteiger partial charge in [0.05, 0.1) is 5.52 Å². The van der Waals surface area contributed by atoms with Crippen LogP contribution in [0.2, 0.25) is 0 Å². The number of benzene rings is 3. The molecule has 0 radical (unpaired) electrons. The van der Waals surface area contributed by atoms with E-state index in [9.17, 15) is 9.59 Å². The second-order valence-corrected chi connectivity index (χ2v) is 11.0. The number of anilines is 1. The third kappa shape index (κ3) is 5.50. The molecule has 0 saturated heterocycles. The summed E-state index contributed by atoms with van der Waals surface area (Å²) in [4.78, 5) is 29.9. The number of amides is 2. The number of fused-ring (bicyclic) bond motifs is 2. The molecular formula is C31H35N5O4. The minimum absolute atomic E-state index is 0.100. The molecular weight excluding hydrogens is 506 g/mol. The molecule has 0 spiro atoms. The van der Waals surface area contributed by atoms with Gasteiger partial charge >= 0.3 is 0 Å². The van der Waals surface area contributed by atoms with Crippen LogP contribution in [0.1, 0.15) is 64.1 Å². The van der Waals surface area contributed by atoms with Crippen LogP contribution in [-0.2, 0) is 16.1 Å². The zero-order valence-corrected chi connectivity index (χ0v) is 23.5. The van der Waals surface area contributed by atoms with Crippen molar-refractivity contribution in [2.75, 3.05) is 11.7 Å². The van der Waals surface area contributed by atoms with E-state index in [1.54, 1.807) is 22.9 Å². The highest BCUT2D eigenvalue weighted by Gasteiger charge is 2.36. The van der Waals surface area contributed by atoms with Gasteiger partial charge in [0.15, 0.2) is 11.5 Å². The smallest absolute Gasteiger partial charge is 0.249 e. The van der Waals surface area contributed by atoms with Crippen molar-refractivity contribution in [3.05, 3.63) is 77.9 Å². The first-order valence-electron chi connectivity index (χ1n) is 13.6. The average molecular weight is 542 g/mol. The SMILES string of the molecule is CCC(C)(C)NC(=O)C(c1ccc(C(C)C)cc1)N(C(=O)Cn1nnc2ccccc21)c1ccc2c(c1)OCO2. The molecule has 3 aromatic carbocycles. The van der Waals surface area contributed by atoms with Gasteiger partial charge < -0.3 is 14.8 Å². The number of nitrogens with one attached hydrogen (secondary N) is 1. The van der Waals surface area contributed by atoms with Gasteiger partial charge in [-0.25, -0.2) is 4.68 Å². The molecule has 1 aromatic heterocycles. The molecule has 4 aromatic rings. The van der Waals surface area contributed by atoms with Crippen molar-refractivity contribution in [3.8, 4) is 11.5 Å². The van der Waals surface area contributed by atoms with Crippen LogP contribution >= 0.6 is 0 Å². The molecule has 0 fully saturated rings. The van der Waals surface area contributed by atoms with Crippen LogP contribution in [0.5, 0.6) is 11.5 Å². The van der Waals surface area contributed by atoms with E-state index in [0.29, 0.717) is 34.2 Å². The zero-order chi connectivity index (χ0) is 28.4. The first kappa shape index (κ1) is 27.2. The van der Waals surface area contributed by atoms with E-state index in [1.807, 2.05) is 69.3 Å². The lowest BCUT2D eigenvalue weighted by molar-refractivity contribution is -0.128. The number of rotatable bonds is 9. The number of hydrogen-bond donors (Lipinski definition) is 1. The fraction of sp³-hybridized carbons (Fsp3) is 0.355. The lowest BCUT2D eigenvalue weighted by Crippen LogP contribution is -2.51. The second-order valence-electron chi connectivity index (χ2n) is 11.0. The predicted octanol–water partition coefficient (Wildman–Crippen LogP) is 5.36. The van der Waals surface area contributed by atoms with Crippen molar-refractivity contribution < 1.29 is 19.1 Å². The van der Waals surface area contributed by atoms with Crippen molar-refractivity contribution in [3.63, 3.8) is 0 Å². The van der Waals surface area contributed by atoms with Gasteiger partial charge in [0.2, 0.25) is 18.6 Å². The van der Waals surface area contributed by atoms with Crippen molar-refractivity contribution in [1.82, 2.24) is 20.3 Å². The summed E-state index contributed by atoms with van der Waals surface area (Å²) in [7, 11) is 0. The van der Waals surface area contributed by atoms with Gasteiger partial charge in [-0.15, -0.1) is 5.10 Å². The number of carbonyl (C=O) groups is 2. The molecule has 0 saturated carbocycles. The van der Waals surface area contributed by atoms with Crippen molar-refractivity contribution in [1.29, 1.82) is 0 Å². The number of nitrogens with zero attached hydrogens (tertiary/aromatic N) is 4. The van der Waals surface area contributed by atoms with Crippen LogP contribution in [0.4, 0.5) is 5.69 Å². The van der Waals surface area contributed by atoms with Crippen molar-refractivity contribution in [2.45, 2.75) is 65.1 Å². The summed E-state index contributed by atoms with van der Waals surface area (Å²) < 4.78 is 12.7. The molecule has 1 unspecified atom stereocenters. The third-order valence-corrected chi connectivity index (χ3v) is 7.38. The lowest BCUT2D eigenvalue weighted by atomic mass is 9.95. The van der Waals surface area contributed by atoms with Crippen LogP contribution in [0.15, 0.2) is 66.7 Å². The van der Waals surface area contributed by atoms with Gasteiger partial charge in [0.1, 0.15) is 18.1 Å². The largest absolute Gasteiger partial charge is 0.454 e. The van der Waals surface area contributed by atoms with E-state index < -0.39 is 11.6 Å². The quantitative estimate of drug-likeness (QED) is 0.306. The van der Waals surface area contributed by atoms with E-state index in [2.05, 4.69) is 29.5 Å². The zero-order valence-electron chi connectivity index (χ0n) is 23.5. The highest BCUT2D eigenvalue weighted by atomic mass is 16.7. The average Bonchev–Trinajstić information content (AvgIpc) is 3.58.